The van der Waals surface area contributed by atoms with Crippen molar-refractivity contribution in [3.63, 3.8) is 0 Å². The van der Waals surface area contributed by atoms with Gasteiger partial charge in [-0.05, 0) is 5.30 Å². The van der Waals surface area contributed by atoms with E-state index in [1.807, 2.05) is 44.9 Å². The topological polar surface area (TPSA) is 35.6 Å². The first kappa shape index (κ1) is 12.1. The minimum atomic E-state index is -0.710. The van der Waals surface area contributed by atoms with Crippen molar-refractivity contribution in [2.45, 2.75) is 0 Å². The summed E-state index contributed by atoms with van der Waals surface area (Å²) in [6.45, 7) is 0. The fourth-order valence-electron chi connectivity index (χ4n) is 2.04. The zero-order valence-corrected chi connectivity index (χ0v) is 11.8. The first-order chi connectivity index (χ1) is 9.27. The van der Waals surface area contributed by atoms with Gasteiger partial charge in [0, 0.05) is 38.9 Å². The monoisotopic (exact) mass is 270 g/mol. The highest BCUT2D eigenvalue weighted by molar-refractivity contribution is 7.79. The third kappa shape index (κ3) is 2.20. The SMILES string of the molecule is Cn1ccnc1P(c1ccccc1)c1nccn1C. The van der Waals surface area contributed by atoms with Gasteiger partial charge in [0.1, 0.15) is 11.1 Å². The van der Waals surface area contributed by atoms with Crippen molar-refractivity contribution < 1.29 is 0 Å². The molecule has 4 nitrogen and oxygen atoms in total. The normalized spacial score (nSPS) is 11.1. The summed E-state index contributed by atoms with van der Waals surface area (Å²) in [6, 6.07) is 10.5. The average Bonchev–Trinajstić information content (AvgIpc) is 3.02. The quantitative estimate of drug-likeness (QED) is 0.663. The summed E-state index contributed by atoms with van der Waals surface area (Å²) in [7, 11) is 3.35. The molecule has 5 heteroatoms. The van der Waals surface area contributed by atoms with Crippen molar-refractivity contribution in [2.24, 2.45) is 14.1 Å². The number of hydrogen-bond acceptors (Lipinski definition) is 2. The molecule has 1 aromatic carbocycles. The molecule has 96 valence electrons. The van der Waals surface area contributed by atoms with E-state index in [9.17, 15) is 0 Å². The van der Waals surface area contributed by atoms with Gasteiger partial charge in [0.15, 0.2) is 0 Å². The molecule has 0 unspecified atom stereocenters. The van der Waals surface area contributed by atoms with E-state index in [0.29, 0.717) is 0 Å². The molecule has 0 saturated carbocycles. The van der Waals surface area contributed by atoms with Crippen LogP contribution in [-0.2, 0) is 14.1 Å². The first-order valence-electron chi connectivity index (χ1n) is 6.07. The molecule has 0 fully saturated rings. The summed E-state index contributed by atoms with van der Waals surface area (Å²) in [5.74, 6) is 0. The smallest absolute Gasteiger partial charge is 0.143 e. The van der Waals surface area contributed by atoms with E-state index in [1.165, 1.54) is 5.30 Å². The van der Waals surface area contributed by atoms with Crippen molar-refractivity contribution in [1.29, 1.82) is 0 Å². The molecule has 3 rings (SSSR count). The van der Waals surface area contributed by atoms with Crippen LogP contribution in [0, 0.1) is 0 Å². The van der Waals surface area contributed by atoms with E-state index in [-0.39, 0.29) is 0 Å². The van der Waals surface area contributed by atoms with E-state index in [0.717, 1.165) is 11.1 Å². The zero-order valence-electron chi connectivity index (χ0n) is 10.9. The molecule has 0 amide bonds. The lowest BCUT2D eigenvalue weighted by molar-refractivity contribution is 0.941. The summed E-state index contributed by atoms with van der Waals surface area (Å²) >= 11 is 0. The molecule has 0 spiro atoms. The average molecular weight is 270 g/mol. The Morgan fingerprint density at radius 3 is 1.79 bits per heavy atom. The molecule has 0 aliphatic heterocycles. The molecule has 0 atom stereocenters. The van der Waals surface area contributed by atoms with Crippen LogP contribution in [0.4, 0.5) is 0 Å². The fourth-order valence-corrected chi connectivity index (χ4v) is 4.28. The Kier molecular flexibility index (Phi) is 3.18. The maximum atomic E-state index is 4.53. The minimum Gasteiger partial charge on any atom is -0.334 e. The highest BCUT2D eigenvalue weighted by atomic mass is 31.1. The molecule has 0 aliphatic rings. The van der Waals surface area contributed by atoms with Crippen molar-refractivity contribution in [3.05, 3.63) is 55.1 Å². The maximum absolute atomic E-state index is 4.53. The predicted octanol–water partition coefficient (Wildman–Crippen LogP) is 0.912. The molecule has 0 aliphatic carbocycles. The number of aromatic nitrogens is 4. The van der Waals surface area contributed by atoms with Crippen LogP contribution >= 0.6 is 7.92 Å². The number of rotatable bonds is 3. The van der Waals surface area contributed by atoms with Crippen LogP contribution < -0.4 is 16.4 Å². The molecule has 0 bridgehead atoms. The molecule has 0 saturated heterocycles. The number of nitrogens with zero attached hydrogens (tertiary/aromatic N) is 4. The lowest BCUT2D eigenvalue weighted by atomic mass is 10.4. The second-order valence-corrected chi connectivity index (χ2v) is 6.33. The Hall–Kier alpha value is -1.93. The number of aryl methyl sites for hydroxylation is 2. The molecule has 0 N–H and O–H groups in total. The van der Waals surface area contributed by atoms with Gasteiger partial charge in [-0.15, -0.1) is 0 Å². The van der Waals surface area contributed by atoms with Gasteiger partial charge in [-0.3, -0.25) is 0 Å². The Morgan fingerprint density at radius 2 is 1.37 bits per heavy atom. The summed E-state index contributed by atoms with van der Waals surface area (Å²) in [6.07, 6.45) is 7.65. The standard InChI is InChI=1S/C14H15N4P/c1-17-10-8-15-13(17)19(12-6-4-3-5-7-12)14-16-9-11-18(14)2/h3-11H,1-2H3. The second kappa shape index (κ2) is 4.98. The van der Waals surface area contributed by atoms with Crippen LogP contribution in [0.3, 0.4) is 0 Å². The van der Waals surface area contributed by atoms with Gasteiger partial charge in [-0.1, -0.05) is 30.3 Å². The molecule has 3 aromatic rings. The first-order valence-corrected chi connectivity index (χ1v) is 7.41. The second-order valence-electron chi connectivity index (χ2n) is 4.35. The Bertz CT molecular complexity index is 631. The zero-order chi connectivity index (χ0) is 13.2. The molecule has 19 heavy (non-hydrogen) atoms. The Labute approximate surface area is 113 Å². The third-order valence-corrected chi connectivity index (χ3v) is 5.48. The molecular formula is C14H15N4P. The van der Waals surface area contributed by atoms with Gasteiger partial charge in [0.2, 0.25) is 0 Å². The fraction of sp³-hybridized carbons (Fsp3) is 0.143. The number of imidazole rings is 2. The maximum Gasteiger partial charge on any atom is 0.143 e. The molecular weight excluding hydrogens is 255 g/mol. The molecule has 2 heterocycles. The predicted molar refractivity (Wildman–Crippen MR) is 78.7 cm³/mol. The highest BCUT2D eigenvalue weighted by Crippen LogP contribution is 2.30. The largest absolute Gasteiger partial charge is 0.334 e. The summed E-state index contributed by atoms with van der Waals surface area (Å²) in [5, 5.41) is 1.26. The van der Waals surface area contributed by atoms with Gasteiger partial charge < -0.3 is 9.13 Å². The van der Waals surface area contributed by atoms with Crippen molar-refractivity contribution in [2.75, 3.05) is 0 Å². The van der Waals surface area contributed by atoms with Crippen LogP contribution in [0.5, 0.6) is 0 Å². The number of hydrogen-bond donors (Lipinski definition) is 0. The van der Waals surface area contributed by atoms with Crippen molar-refractivity contribution in [3.8, 4) is 0 Å². The van der Waals surface area contributed by atoms with Crippen LogP contribution in [0.1, 0.15) is 0 Å². The summed E-state index contributed by atoms with van der Waals surface area (Å²) in [4.78, 5) is 9.06. The van der Waals surface area contributed by atoms with Gasteiger partial charge in [0.05, 0.1) is 7.92 Å². The van der Waals surface area contributed by atoms with Gasteiger partial charge in [-0.25, -0.2) is 9.97 Å². The lowest BCUT2D eigenvalue weighted by Crippen LogP contribution is -2.30. The highest BCUT2D eigenvalue weighted by Gasteiger charge is 2.23. The van der Waals surface area contributed by atoms with Crippen LogP contribution in [0.25, 0.3) is 0 Å². The van der Waals surface area contributed by atoms with E-state index >= 15 is 0 Å². The van der Waals surface area contributed by atoms with Crippen molar-refractivity contribution >= 4 is 24.4 Å². The van der Waals surface area contributed by atoms with Crippen LogP contribution in [-0.4, -0.2) is 19.1 Å². The van der Waals surface area contributed by atoms with E-state index in [2.05, 4.69) is 43.4 Å². The van der Waals surface area contributed by atoms with Gasteiger partial charge in [-0.2, -0.15) is 0 Å². The van der Waals surface area contributed by atoms with Gasteiger partial charge in [0.25, 0.3) is 0 Å². The summed E-state index contributed by atoms with van der Waals surface area (Å²) < 4.78 is 4.15. The van der Waals surface area contributed by atoms with Crippen LogP contribution in [0.15, 0.2) is 55.1 Å². The lowest BCUT2D eigenvalue weighted by Gasteiger charge is -2.17. The minimum absolute atomic E-state index is 0.710. The van der Waals surface area contributed by atoms with Crippen molar-refractivity contribution in [1.82, 2.24) is 19.1 Å². The van der Waals surface area contributed by atoms with Gasteiger partial charge >= 0.3 is 0 Å². The van der Waals surface area contributed by atoms with Crippen LogP contribution in [0.2, 0.25) is 0 Å². The Balaban J connectivity index is 2.18. The van der Waals surface area contributed by atoms with E-state index < -0.39 is 7.92 Å². The molecule has 2 aromatic heterocycles. The number of benzene rings is 1. The van der Waals surface area contributed by atoms with E-state index in [4.69, 9.17) is 0 Å². The summed E-state index contributed by atoms with van der Waals surface area (Å²) in [5.41, 5.74) is 2.13. The Morgan fingerprint density at radius 1 is 0.842 bits per heavy atom. The van der Waals surface area contributed by atoms with E-state index in [1.54, 1.807) is 0 Å². The third-order valence-electron chi connectivity index (χ3n) is 3.01. The molecule has 0 radical (unpaired) electrons.